The highest BCUT2D eigenvalue weighted by Crippen LogP contribution is 2.16. The molecule has 0 fully saturated rings. The number of aromatic nitrogens is 3. The van der Waals surface area contributed by atoms with E-state index in [1.54, 1.807) is 6.92 Å². The van der Waals surface area contributed by atoms with Crippen LogP contribution in [-0.4, -0.2) is 20.7 Å². The van der Waals surface area contributed by atoms with Crippen LogP contribution >= 0.6 is 31.9 Å². The van der Waals surface area contributed by atoms with E-state index in [-0.39, 0.29) is 5.91 Å². The lowest BCUT2D eigenvalue weighted by Crippen LogP contribution is -2.15. The van der Waals surface area contributed by atoms with Crippen LogP contribution < -0.4 is 10.6 Å². The maximum Gasteiger partial charge on any atom is 0.249 e. The van der Waals surface area contributed by atoms with Crippen molar-refractivity contribution < 1.29 is 4.79 Å². The molecule has 2 aromatic carbocycles. The molecule has 8 heteroatoms. The van der Waals surface area contributed by atoms with Gasteiger partial charge in [-0.1, -0.05) is 63.0 Å². The lowest BCUT2D eigenvalue weighted by Gasteiger charge is -2.06. The zero-order chi connectivity index (χ0) is 19.2. The predicted molar refractivity (Wildman–Crippen MR) is 114 cm³/mol. The fourth-order valence-electron chi connectivity index (χ4n) is 2.48. The van der Waals surface area contributed by atoms with Crippen molar-refractivity contribution in [3.8, 4) is 0 Å². The fourth-order valence-corrected chi connectivity index (χ4v) is 3.37. The van der Waals surface area contributed by atoms with Gasteiger partial charge in [0.25, 0.3) is 0 Å². The number of nitrogens with zero attached hydrogens (tertiary/aromatic N) is 3. The van der Waals surface area contributed by atoms with Crippen LogP contribution in [0.25, 0.3) is 0 Å². The molecule has 0 atom stereocenters. The number of benzene rings is 2. The number of carbonyl (C=O) groups is 1. The molecule has 1 aromatic heterocycles. The van der Waals surface area contributed by atoms with E-state index in [1.165, 1.54) is 4.68 Å². The summed E-state index contributed by atoms with van der Waals surface area (Å²) in [5.41, 5.74) is 2.16. The van der Waals surface area contributed by atoms with Crippen LogP contribution in [0.1, 0.15) is 29.3 Å². The molecule has 1 heterocycles. The molecule has 0 amide bonds. The van der Waals surface area contributed by atoms with Crippen molar-refractivity contribution in [1.82, 2.24) is 14.8 Å². The van der Waals surface area contributed by atoms with Crippen molar-refractivity contribution in [3.05, 3.63) is 68.6 Å². The van der Waals surface area contributed by atoms with Gasteiger partial charge in [0.05, 0.1) is 0 Å². The smallest absolute Gasteiger partial charge is 0.249 e. The Kier molecular flexibility index (Phi) is 6.63. The summed E-state index contributed by atoms with van der Waals surface area (Å²) in [6.45, 7) is 2.91. The summed E-state index contributed by atoms with van der Waals surface area (Å²) >= 11 is 6.92. The van der Waals surface area contributed by atoms with E-state index in [4.69, 9.17) is 0 Å². The van der Waals surface area contributed by atoms with Crippen molar-refractivity contribution in [2.24, 2.45) is 0 Å². The fraction of sp³-hybridized carbons (Fsp3) is 0.211. The third kappa shape index (κ3) is 5.40. The Morgan fingerprint density at radius 1 is 1.00 bits per heavy atom. The molecule has 140 valence electrons. The summed E-state index contributed by atoms with van der Waals surface area (Å²) in [5.74, 6) is 0.724. The van der Waals surface area contributed by atoms with Gasteiger partial charge in [-0.3, -0.25) is 4.79 Å². The van der Waals surface area contributed by atoms with E-state index >= 15 is 0 Å². The van der Waals surface area contributed by atoms with Gasteiger partial charge in [-0.05, 0) is 35.4 Å². The SMILES string of the molecule is CCC(=O)n1nc(NCc2cccc(Br)c2)nc1NCc1cccc(Br)c1. The molecule has 0 aliphatic carbocycles. The maximum absolute atomic E-state index is 12.2. The van der Waals surface area contributed by atoms with Gasteiger partial charge in [-0.15, -0.1) is 5.10 Å². The zero-order valence-corrected chi connectivity index (χ0v) is 17.9. The van der Waals surface area contributed by atoms with E-state index in [0.717, 1.165) is 20.1 Å². The number of carbonyl (C=O) groups excluding carboxylic acids is 1. The van der Waals surface area contributed by atoms with Crippen LogP contribution in [0.4, 0.5) is 11.9 Å². The first-order chi connectivity index (χ1) is 13.0. The highest BCUT2D eigenvalue weighted by atomic mass is 79.9. The Bertz CT molecular complexity index is 941. The minimum absolute atomic E-state index is 0.116. The molecule has 0 aliphatic heterocycles. The molecule has 3 aromatic rings. The molecule has 0 saturated carbocycles. The number of rotatable bonds is 7. The maximum atomic E-state index is 12.2. The Labute approximate surface area is 174 Å². The number of hydrogen-bond donors (Lipinski definition) is 2. The van der Waals surface area contributed by atoms with Gasteiger partial charge in [0.1, 0.15) is 0 Å². The van der Waals surface area contributed by atoms with Gasteiger partial charge in [0, 0.05) is 28.5 Å². The summed E-state index contributed by atoms with van der Waals surface area (Å²) in [6, 6.07) is 15.9. The van der Waals surface area contributed by atoms with Crippen LogP contribution in [0.3, 0.4) is 0 Å². The second-order valence-electron chi connectivity index (χ2n) is 5.89. The van der Waals surface area contributed by atoms with E-state index in [2.05, 4.69) is 52.6 Å². The normalized spacial score (nSPS) is 10.6. The minimum Gasteiger partial charge on any atom is -0.350 e. The largest absolute Gasteiger partial charge is 0.350 e. The molecular formula is C19H19Br2N5O. The first kappa shape index (κ1) is 19.6. The van der Waals surface area contributed by atoms with Gasteiger partial charge >= 0.3 is 0 Å². The average Bonchev–Trinajstić information content (AvgIpc) is 3.07. The molecule has 3 rings (SSSR count). The third-order valence-corrected chi connectivity index (χ3v) is 4.81. The lowest BCUT2D eigenvalue weighted by atomic mass is 10.2. The zero-order valence-electron chi connectivity index (χ0n) is 14.7. The summed E-state index contributed by atoms with van der Waals surface area (Å²) in [6.07, 6.45) is 0.347. The molecule has 0 aliphatic rings. The molecule has 0 radical (unpaired) electrons. The van der Waals surface area contributed by atoms with E-state index in [0.29, 0.717) is 31.4 Å². The van der Waals surface area contributed by atoms with E-state index in [1.807, 2.05) is 48.5 Å². The quantitative estimate of drug-likeness (QED) is 0.481. The first-order valence-corrected chi connectivity index (χ1v) is 10.1. The van der Waals surface area contributed by atoms with Crippen molar-refractivity contribution in [2.75, 3.05) is 10.6 Å². The van der Waals surface area contributed by atoms with Crippen LogP contribution in [-0.2, 0) is 13.1 Å². The standard InChI is InChI=1S/C19H19Br2N5O/c1-2-17(27)26-19(23-12-14-6-4-8-16(21)10-14)24-18(25-26)22-11-13-5-3-7-15(20)9-13/h3-10H,2,11-12H2,1H3,(H2,22,23,24,25). The molecule has 0 spiro atoms. The number of hydrogen-bond acceptors (Lipinski definition) is 5. The molecule has 27 heavy (non-hydrogen) atoms. The van der Waals surface area contributed by atoms with Crippen LogP contribution in [0.5, 0.6) is 0 Å². The molecule has 0 bridgehead atoms. The summed E-state index contributed by atoms with van der Waals surface area (Å²) < 4.78 is 3.34. The lowest BCUT2D eigenvalue weighted by molar-refractivity contribution is 0.0895. The van der Waals surface area contributed by atoms with E-state index in [9.17, 15) is 4.79 Å². The van der Waals surface area contributed by atoms with Crippen LogP contribution in [0.15, 0.2) is 57.5 Å². The molecule has 0 saturated heterocycles. The second-order valence-corrected chi connectivity index (χ2v) is 7.72. The highest BCUT2D eigenvalue weighted by molar-refractivity contribution is 9.10. The average molecular weight is 493 g/mol. The molecular weight excluding hydrogens is 474 g/mol. The summed E-state index contributed by atoms with van der Waals surface area (Å²) in [7, 11) is 0. The summed E-state index contributed by atoms with van der Waals surface area (Å²) in [5, 5.41) is 10.7. The summed E-state index contributed by atoms with van der Waals surface area (Å²) in [4.78, 5) is 16.7. The van der Waals surface area contributed by atoms with Gasteiger partial charge in [0.15, 0.2) is 0 Å². The second kappa shape index (κ2) is 9.14. The Morgan fingerprint density at radius 2 is 1.59 bits per heavy atom. The van der Waals surface area contributed by atoms with Crippen LogP contribution in [0, 0.1) is 0 Å². The van der Waals surface area contributed by atoms with Crippen molar-refractivity contribution in [2.45, 2.75) is 26.4 Å². The van der Waals surface area contributed by atoms with Crippen molar-refractivity contribution in [3.63, 3.8) is 0 Å². The minimum atomic E-state index is -0.116. The monoisotopic (exact) mass is 491 g/mol. The van der Waals surface area contributed by atoms with Crippen LogP contribution in [0.2, 0.25) is 0 Å². The van der Waals surface area contributed by atoms with E-state index < -0.39 is 0 Å². The van der Waals surface area contributed by atoms with Gasteiger partial charge < -0.3 is 10.6 Å². The molecule has 0 unspecified atom stereocenters. The third-order valence-electron chi connectivity index (χ3n) is 3.83. The van der Waals surface area contributed by atoms with Gasteiger partial charge in [-0.2, -0.15) is 9.67 Å². The van der Waals surface area contributed by atoms with Crippen molar-refractivity contribution >= 4 is 49.7 Å². The molecule has 6 nitrogen and oxygen atoms in total. The Hall–Kier alpha value is -2.19. The number of anilines is 2. The van der Waals surface area contributed by atoms with Gasteiger partial charge in [0.2, 0.25) is 17.8 Å². The first-order valence-electron chi connectivity index (χ1n) is 8.52. The predicted octanol–water partition coefficient (Wildman–Crippen LogP) is 5.08. The number of halogens is 2. The highest BCUT2D eigenvalue weighted by Gasteiger charge is 2.14. The topological polar surface area (TPSA) is 71.8 Å². The Morgan fingerprint density at radius 3 is 2.15 bits per heavy atom. The van der Waals surface area contributed by atoms with Gasteiger partial charge in [-0.25, -0.2) is 0 Å². The number of nitrogens with one attached hydrogen (secondary N) is 2. The molecule has 2 N–H and O–H groups in total. The van der Waals surface area contributed by atoms with Crippen molar-refractivity contribution in [1.29, 1.82) is 0 Å². The Balaban J connectivity index is 1.73.